The molecule has 3 rings (SSSR count). The standard InChI is InChI=1S/C16H19N3O/c1-19-15-7-6-14(8-12(15)9-16(19)20)18-13-4-2-11(10-17)3-5-13/h6-8,11,13,18H,2-5,9H2,1H3. The first-order valence-electron chi connectivity index (χ1n) is 7.23. The highest BCUT2D eigenvalue weighted by atomic mass is 16.2. The first-order valence-corrected chi connectivity index (χ1v) is 7.23. The van der Waals surface area contributed by atoms with Crippen molar-refractivity contribution >= 4 is 17.3 Å². The van der Waals surface area contributed by atoms with Gasteiger partial charge in [0, 0.05) is 30.4 Å². The highest BCUT2D eigenvalue weighted by Crippen LogP contribution is 2.31. The van der Waals surface area contributed by atoms with Gasteiger partial charge >= 0.3 is 0 Å². The summed E-state index contributed by atoms with van der Waals surface area (Å²) in [6, 6.07) is 8.97. The Balaban J connectivity index is 1.67. The zero-order valence-corrected chi connectivity index (χ0v) is 11.7. The average Bonchev–Trinajstić information content (AvgIpc) is 2.74. The molecule has 0 radical (unpaired) electrons. The smallest absolute Gasteiger partial charge is 0.231 e. The minimum atomic E-state index is 0.159. The summed E-state index contributed by atoms with van der Waals surface area (Å²) in [5, 5.41) is 12.5. The van der Waals surface area contributed by atoms with Crippen LogP contribution in [0.25, 0.3) is 0 Å². The molecule has 0 saturated heterocycles. The van der Waals surface area contributed by atoms with Crippen LogP contribution in [-0.4, -0.2) is 19.0 Å². The summed E-state index contributed by atoms with van der Waals surface area (Å²) in [6.07, 6.45) is 4.57. The summed E-state index contributed by atoms with van der Waals surface area (Å²) in [5.41, 5.74) is 3.22. The van der Waals surface area contributed by atoms with Crippen molar-refractivity contribution in [1.29, 1.82) is 5.26 Å². The van der Waals surface area contributed by atoms with Gasteiger partial charge in [0.25, 0.3) is 0 Å². The predicted octanol–water partition coefficient (Wildman–Crippen LogP) is 2.70. The second kappa shape index (κ2) is 5.16. The molecule has 1 saturated carbocycles. The second-order valence-corrected chi connectivity index (χ2v) is 5.80. The second-order valence-electron chi connectivity index (χ2n) is 5.80. The fourth-order valence-corrected chi connectivity index (χ4v) is 3.16. The van der Waals surface area contributed by atoms with E-state index in [9.17, 15) is 4.79 Å². The number of anilines is 2. The fourth-order valence-electron chi connectivity index (χ4n) is 3.16. The Hall–Kier alpha value is -2.02. The van der Waals surface area contributed by atoms with Crippen molar-refractivity contribution < 1.29 is 4.79 Å². The molecular weight excluding hydrogens is 250 g/mol. The average molecular weight is 269 g/mol. The molecule has 1 aliphatic heterocycles. The number of hydrogen-bond acceptors (Lipinski definition) is 3. The molecule has 4 nitrogen and oxygen atoms in total. The number of nitrogens with one attached hydrogen (secondary N) is 1. The van der Waals surface area contributed by atoms with Crippen molar-refractivity contribution in [2.24, 2.45) is 5.92 Å². The van der Waals surface area contributed by atoms with Crippen molar-refractivity contribution in [2.75, 3.05) is 17.3 Å². The van der Waals surface area contributed by atoms with Gasteiger partial charge in [0.1, 0.15) is 0 Å². The maximum atomic E-state index is 11.7. The molecule has 1 heterocycles. The van der Waals surface area contributed by atoms with E-state index in [-0.39, 0.29) is 11.8 Å². The van der Waals surface area contributed by atoms with Crippen LogP contribution in [0.3, 0.4) is 0 Å². The number of benzene rings is 1. The minimum Gasteiger partial charge on any atom is -0.382 e. The molecule has 0 atom stereocenters. The van der Waals surface area contributed by atoms with Crippen molar-refractivity contribution in [3.8, 4) is 6.07 Å². The molecule has 0 aromatic heterocycles. The van der Waals surface area contributed by atoms with E-state index in [1.165, 1.54) is 0 Å². The Kier molecular flexibility index (Phi) is 3.35. The van der Waals surface area contributed by atoms with Crippen molar-refractivity contribution in [3.05, 3.63) is 23.8 Å². The molecule has 1 amide bonds. The van der Waals surface area contributed by atoms with Crippen LogP contribution < -0.4 is 10.2 Å². The lowest BCUT2D eigenvalue weighted by Gasteiger charge is -2.26. The fraction of sp³-hybridized carbons (Fsp3) is 0.500. The van der Waals surface area contributed by atoms with Gasteiger partial charge in [0.2, 0.25) is 5.91 Å². The van der Waals surface area contributed by atoms with Gasteiger partial charge in [0.15, 0.2) is 0 Å². The number of fused-ring (bicyclic) bond motifs is 1. The topological polar surface area (TPSA) is 56.1 Å². The van der Waals surface area contributed by atoms with Crippen LogP contribution in [0.5, 0.6) is 0 Å². The highest BCUT2D eigenvalue weighted by Gasteiger charge is 2.25. The van der Waals surface area contributed by atoms with Crippen LogP contribution in [-0.2, 0) is 11.2 Å². The molecule has 104 valence electrons. The third kappa shape index (κ3) is 2.36. The molecule has 1 N–H and O–H groups in total. The van der Waals surface area contributed by atoms with E-state index >= 15 is 0 Å². The zero-order chi connectivity index (χ0) is 14.1. The number of likely N-dealkylation sites (N-methyl/N-ethyl adjacent to an activating group) is 1. The van der Waals surface area contributed by atoms with Crippen molar-refractivity contribution in [3.63, 3.8) is 0 Å². The molecule has 4 heteroatoms. The van der Waals surface area contributed by atoms with Gasteiger partial charge in [-0.1, -0.05) is 0 Å². The molecular formula is C16H19N3O. The molecule has 1 aliphatic carbocycles. The van der Waals surface area contributed by atoms with E-state index in [2.05, 4.69) is 17.5 Å². The summed E-state index contributed by atoms with van der Waals surface area (Å²) in [7, 11) is 1.82. The van der Waals surface area contributed by atoms with E-state index in [1.807, 2.05) is 19.2 Å². The van der Waals surface area contributed by atoms with E-state index in [0.717, 1.165) is 42.6 Å². The van der Waals surface area contributed by atoms with Crippen LogP contribution in [0.2, 0.25) is 0 Å². The Labute approximate surface area is 119 Å². The number of amides is 1. The van der Waals surface area contributed by atoms with Gasteiger partial charge in [0.05, 0.1) is 12.5 Å². The van der Waals surface area contributed by atoms with E-state index < -0.39 is 0 Å². The first kappa shape index (κ1) is 13.0. The maximum absolute atomic E-state index is 11.7. The molecule has 1 aromatic carbocycles. The van der Waals surface area contributed by atoms with Gasteiger partial charge < -0.3 is 10.2 Å². The lowest BCUT2D eigenvalue weighted by molar-refractivity contribution is -0.117. The van der Waals surface area contributed by atoms with Gasteiger partial charge in [-0.3, -0.25) is 4.79 Å². The summed E-state index contributed by atoms with van der Waals surface area (Å²) < 4.78 is 0. The van der Waals surface area contributed by atoms with Crippen LogP contribution in [0.15, 0.2) is 18.2 Å². The Morgan fingerprint density at radius 1 is 1.30 bits per heavy atom. The highest BCUT2D eigenvalue weighted by molar-refractivity contribution is 6.01. The first-order chi connectivity index (χ1) is 9.67. The molecule has 2 aliphatic rings. The summed E-state index contributed by atoms with van der Waals surface area (Å²) >= 11 is 0. The Morgan fingerprint density at radius 2 is 2.05 bits per heavy atom. The van der Waals surface area contributed by atoms with Crippen molar-refractivity contribution in [1.82, 2.24) is 0 Å². The quantitative estimate of drug-likeness (QED) is 0.898. The monoisotopic (exact) mass is 269 g/mol. The Morgan fingerprint density at radius 3 is 2.75 bits per heavy atom. The number of nitrogens with zero attached hydrogens (tertiary/aromatic N) is 2. The molecule has 1 fully saturated rings. The van der Waals surface area contributed by atoms with Gasteiger partial charge in [-0.2, -0.15) is 5.26 Å². The van der Waals surface area contributed by atoms with E-state index in [0.29, 0.717) is 12.5 Å². The molecule has 1 aromatic rings. The predicted molar refractivity (Wildman–Crippen MR) is 78.5 cm³/mol. The van der Waals surface area contributed by atoms with Gasteiger partial charge in [-0.15, -0.1) is 0 Å². The molecule has 0 spiro atoms. The number of carbonyl (C=O) groups is 1. The molecule has 0 unspecified atom stereocenters. The normalized spacial score (nSPS) is 25.2. The minimum absolute atomic E-state index is 0.159. The SMILES string of the molecule is CN1C(=O)Cc2cc(NC3CCC(C#N)CC3)ccc21. The molecule has 0 bridgehead atoms. The summed E-state index contributed by atoms with van der Waals surface area (Å²) in [6.45, 7) is 0. The Bertz CT molecular complexity index is 568. The van der Waals surface area contributed by atoms with Crippen LogP contribution in [0.4, 0.5) is 11.4 Å². The van der Waals surface area contributed by atoms with E-state index in [4.69, 9.17) is 5.26 Å². The maximum Gasteiger partial charge on any atom is 0.231 e. The largest absolute Gasteiger partial charge is 0.382 e. The lowest BCUT2D eigenvalue weighted by atomic mass is 9.87. The lowest BCUT2D eigenvalue weighted by Crippen LogP contribution is -2.25. The third-order valence-corrected chi connectivity index (χ3v) is 4.44. The summed E-state index contributed by atoms with van der Waals surface area (Å²) in [4.78, 5) is 13.4. The van der Waals surface area contributed by atoms with Crippen molar-refractivity contribution in [2.45, 2.75) is 38.1 Å². The van der Waals surface area contributed by atoms with Crippen LogP contribution in [0, 0.1) is 17.2 Å². The zero-order valence-electron chi connectivity index (χ0n) is 11.7. The molecule has 20 heavy (non-hydrogen) atoms. The number of rotatable bonds is 2. The van der Waals surface area contributed by atoms with Gasteiger partial charge in [-0.05, 0) is 49.4 Å². The third-order valence-electron chi connectivity index (χ3n) is 4.44. The van der Waals surface area contributed by atoms with E-state index in [1.54, 1.807) is 4.90 Å². The van der Waals surface area contributed by atoms with Gasteiger partial charge in [-0.25, -0.2) is 0 Å². The van der Waals surface area contributed by atoms with Crippen LogP contribution >= 0.6 is 0 Å². The van der Waals surface area contributed by atoms with Crippen LogP contribution in [0.1, 0.15) is 31.2 Å². The summed E-state index contributed by atoms with van der Waals surface area (Å²) in [5.74, 6) is 0.394. The number of carbonyl (C=O) groups excluding carboxylic acids is 1. The number of nitriles is 1. The number of hydrogen-bond donors (Lipinski definition) is 1.